The van der Waals surface area contributed by atoms with Crippen molar-refractivity contribution in [3.8, 4) is 11.8 Å². The molecule has 150 valence electrons. The summed E-state index contributed by atoms with van der Waals surface area (Å²) in [6.45, 7) is -0.716. The molecule has 0 unspecified atom stereocenters. The molecule has 0 aromatic heterocycles. The number of fused-ring (bicyclic) bond motifs is 1. The van der Waals surface area contributed by atoms with Gasteiger partial charge in [-0.1, -0.05) is 53.5 Å². The maximum Gasteiger partial charge on any atom is 0.266 e. The van der Waals surface area contributed by atoms with Crippen LogP contribution in [-0.2, 0) is 9.59 Å². The summed E-state index contributed by atoms with van der Waals surface area (Å²) in [6.07, 6.45) is 1.32. The molecule has 0 spiro atoms. The van der Waals surface area contributed by atoms with Gasteiger partial charge in [-0.25, -0.2) is 0 Å². The molecule has 8 heteroatoms. The summed E-state index contributed by atoms with van der Waals surface area (Å²) < 4.78 is 4.99. The van der Waals surface area contributed by atoms with Crippen LogP contribution in [-0.4, -0.2) is 18.5 Å². The molecule has 1 amide bonds. The summed E-state index contributed by atoms with van der Waals surface area (Å²) in [6, 6.07) is 17.7. The van der Waals surface area contributed by atoms with E-state index in [-0.39, 0.29) is 21.4 Å². The molecular formula is C22H13Cl2N2O4-. The van der Waals surface area contributed by atoms with Gasteiger partial charge in [-0.15, -0.1) is 0 Å². The average molecular weight is 440 g/mol. The molecule has 6 nitrogen and oxygen atoms in total. The fourth-order valence-electron chi connectivity index (χ4n) is 2.71. The molecule has 0 fully saturated rings. The highest BCUT2D eigenvalue weighted by Gasteiger charge is 2.13. The zero-order valence-electron chi connectivity index (χ0n) is 15.3. The SMILES string of the molecule is N#C/C(=C\c1cc(Cl)c(OCC(=O)[O-])c(Cl)c1)C(=O)Nc1ccc2ccccc2c1. The number of carbonyl (C=O) groups is 2. The van der Waals surface area contributed by atoms with Gasteiger partial charge in [0.2, 0.25) is 0 Å². The number of anilines is 1. The van der Waals surface area contributed by atoms with Crippen LogP contribution in [0.15, 0.2) is 60.2 Å². The van der Waals surface area contributed by atoms with E-state index in [4.69, 9.17) is 27.9 Å². The van der Waals surface area contributed by atoms with Crippen LogP contribution in [0.2, 0.25) is 10.0 Å². The summed E-state index contributed by atoms with van der Waals surface area (Å²) in [5.74, 6) is -2.06. The number of benzene rings is 3. The Labute approximate surface area is 181 Å². The topological polar surface area (TPSA) is 102 Å². The molecule has 0 aliphatic rings. The lowest BCUT2D eigenvalue weighted by Crippen LogP contribution is -2.29. The van der Waals surface area contributed by atoms with Gasteiger partial charge in [-0.2, -0.15) is 5.26 Å². The van der Waals surface area contributed by atoms with Crippen molar-refractivity contribution in [2.75, 3.05) is 11.9 Å². The summed E-state index contributed by atoms with van der Waals surface area (Å²) >= 11 is 12.1. The standard InChI is InChI=1S/C22H14Cl2N2O4/c23-18-8-13(9-19(24)21(18)30-12-20(27)28)7-16(11-25)22(29)26-17-6-5-14-3-1-2-4-15(14)10-17/h1-10H,12H2,(H,26,29)(H,27,28)/p-1/b16-7+. The monoisotopic (exact) mass is 439 g/mol. The number of hydrogen-bond donors (Lipinski definition) is 1. The van der Waals surface area contributed by atoms with Crippen LogP contribution < -0.4 is 15.2 Å². The molecule has 0 atom stereocenters. The fourth-order valence-corrected chi connectivity index (χ4v) is 3.33. The van der Waals surface area contributed by atoms with E-state index in [0.29, 0.717) is 11.3 Å². The zero-order chi connectivity index (χ0) is 21.7. The number of nitrogens with zero attached hydrogens (tertiary/aromatic N) is 1. The van der Waals surface area contributed by atoms with E-state index < -0.39 is 18.5 Å². The van der Waals surface area contributed by atoms with Gasteiger partial charge in [0, 0.05) is 5.69 Å². The van der Waals surface area contributed by atoms with Gasteiger partial charge in [0.15, 0.2) is 5.75 Å². The van der Waals surface area contributed by atoms with E-state index in [0.717, 1.165) is 10.8 Å². The number of amides is 1. The van der Waals surface area contributed by atoms with Crippen LogP contribution in [0, 0.1) is 11.3 Å². The predicted octanol–water partition coefficient (Wildman–Crippen LogP) is 3.82. The number of halogens is 2. The van der Waals surface area contributed by atoms with Gasteiger partial charge < -0.3 is 20.0 Å². The van der Waals surface area contributed by atoms with E-state index in [1.807, 2.05) is 36.4 Å². The van der Waals surface area contributed by atoms with Gasteiger partial charge in [-0.3, -0.25) is 4.79 Å². The second-order valence-corrected chi connectivity index (χ2v) is 6.97. The normalized spacial score (nSPS) is 11.0. The Morgan fingerprint density at radius 2 is 1.73 bits per heavy atom. The lowest BCUT2D eigenvalue weighted by atomic mass is 10.1. The molecule has 30 heavy (non-hydrogen) atoms. The average Bonchev–Trinajstić information content (AvgIpc) is 2.71. The minimum absolute atomic E-state index is 0.0289. The van der Waals surface area contributed by atoms with Crippen molar-refractivity contribution >= 4 is 57.6 Å². The number of carboxylic acid groups (broad SMARTS) is 1. The maximum atomic E-state index is 12.5. The van der Waals surface area contributed by atoms with E-state index in [2.05, 4.69) is 5.32 Å². The third kappa shape index (κ3) is 5.09. The van der Waals surface area contributed by atoms with Crippen LogP contribution in [0.4, 0.5) is 5.69 Å². The Bertz CT molecular complexity index is 1190. The highest BCUT2D eigenvalue weighted by Crippen LogP contribution is 2.35. The molecule has 1 N–H and O–H groups in total. The lowest BCUT2D eigenvalue weighted by Gasteiger charge is -2.11. The number of carboxylic acids is 1. The van der Waals surface area contributed by atoms with Crippen molar-refractivity contribution < 1.29 is 19.4 Å². The van der Waals surface area contributed by atoms with E-state index >= 15 is 0 Å². The van der Waals surface area contributed by atoms with E-state index in [1.165, 1.54) is 18.2 Å². The number of nitriles is 1. The Kier molecular flexibility index (Phi) is 6.58. The third-order valence-corrected chi connectivity index (χ3v) is 4.60. The molecule has 3 aromatic carbocycles. The smallest absolute Gasteiger partial charge is 0.266 e. The van der Waals surface area contributed by atoms with Crippen LogP contribution in [0.25, 0.3) is 16.8 Å². The molecule has 0 radical (unpaired) electrons. The Balaban J connectivity index is 1.82. The first-order valence-corrected chi connectivity index (χ1v) is 9.36. The van der Waals surface area contributed by atoms with Crippen molar-refractivity contribution in [1.82, 2.24) is 0 Å². The van der Waals surface area contributed by atoms with Gasteiger partial charge >= 0.3 is 0 Å². The number of aliphatic carboxylic acids is 1. The zero-order valence-corrected chi connectivity index (χ0v) is 16.8. The van der Waals surface area contributed by atoms with E-state index in [9.17, 15) is 20.0 Å². The molecule has 0 bridgehead atoms. The molecule has 0 aliphatic heterocycles. The van der Waals surface area contributed by atoms with Crippen LogP contribution >= 0.6 is 23.2 Å². The van der Waals surface area contributed by atoms with Crippen molar-refractivity contribution in [2.45, 2.75) is 0 Å². The van der Waals surface area contributed by atoms with Crippen molar-refractivity contribution in [3.63, 3.8) is 0 Å². The Morgan fingerprint density at radius 3 is 2.37 bits per heavy atom. The van der Waals surface area contributed by atoms with Gasteiger partial charge in [0.1, 0.15) is 18.2 Å². The Morgan fingerprint density at radius 1 is 1.07 bits per heavy atom. The third-order valence-electron chi connectivity index (χ3n) is 4.04. The van der Waals surface area contributed by atoms with Gasteiger partial charge in [0.05, 0.1) is 16.0 Å². The van der Waals surface area contributed by atoms with Crippen molar-refractivity contribution in [3.05, 3.63) is 75.8 Å². The quantitative estimate of drug-likeness (QED) is 0.464. The summed E-state index contributed by atoms with van der Waals surface area (Å²) in [5.41, 5.74) is 0.747. The van der Waals surface area contributed by atoms with Gasteiger partial charge in [0.25, 0.3) is 5.91 Å². The summed E-state index contributed by atoms with van der Waals surface area (Å²) in [5, 5.41) is 24.7. The summed E-state index contributed by atoms with van der Waals surface area (Å²) in [7, 11) is 0. The van der Waals surface area contributed by atoms with E-state index in [1.54, 1.807) is 12.1 Å². The number of nitrogens with one attached hydrogen (secondary N) is 1. The van der Waals surface area contributed by atoms with Crippen LogP contribution in [0.3, 0.4) is 0 Å². The molecule has 3 aromatic rings. The first kappa shape index (κ1) is 21.2. The lowest BCUT2D eigenvalue weighted by molar-refractivity contribution is -0.307. The number of hydrogen-bond acceptors (Lipinski definition) is 5. The first-order valence-electron chi connectivity index (χ1n) is 8.61. The molecule has 0 saturated carbocycles. The second kappa shape index (κ2) is 9.31. The molecule has 3 rings (SSSR count). The second-order valence-electron chi connectivity index (χ2n) is 6.16. The first-order chi connectivity index (χ1) is 14.4. The Hall–Kier alpha value is -3.53. The highest BCUT2D eigenvalue weighted by molar-refractivity contribution is 6.37. The van der Waals surface area contributed by atoms with Crippen LogP contribution in [0.1, 0.15) is 5.56 Å². The van der Waals surface area contributed by atoms with Crippen molar-refractivity contribution in [2.24, 2.45) is 0 Å². The number of ether oxygens (including phenoxy) is 1. The minimum atomic E-state index is -1.43. The number of rotatable bonds is 6. The largest absolute Gasteiger partial charge is 0.546 e. The molecular weight excluding hydrogens is 427 g/mol. The predicted molar refractivity (Wildman–Crippen MR) is 113 cm³/mol. The molecule has 0 heterocycles. The van der Waals surface area contributed by atoms with Gasteiger partial charge in [-0.05, 0) is 46.7 Å². The minimum Gasteiger partial charge on any atom is -0.546 e. The highest BCUT2D eigenvalue weighted by atomic mass is 35.5. The fraction of sp³-hybridized carbons (Fsp3) is 0.0455. The van der Waals surface area contributed by atoms with Crippen molar-refractivity contribution in [1.29, 1.82) is 5.26 Å². The summed E-state index contributed by atoms with van der Waals surface area (Å²) in [4.78, 5) is 23.1. The van der Waals surface area contributed by atoms with Crippen LogP contribution in [0.5, 0.6) is 5.75 Å². The number of carbonyl (C=O) groups excluding carboxylic acids is 2. The maximum absolute atomic E-state index is 12.5. The molecule has 0 saturated heterocycles. The molecule has 0 aliphatic carbocycles.